The number of anilines is 2. The number of hydrogen-bond donors (Lipinski definition) is 2. The monoisotopic (exact) mass is 430 g/mol. The van der Waals surface area contributed by atoms with Crippen molar-refractivity contribution in [2.45, 2.75) is 20.5 Å². The summed E-state index contributed by atoms with van der Waals surface area (Å²) in [5.74, 6) is 0.343. The third-order valence-electron chi connectivity index (χ3n) is 4.19. The molecule has 0 aliphatic heterocycles. The fourth-order valence-corrected chi connectivity index (χ4v) is 3.90. The van der Waals surface area contributed by atoms with Gasteiger partial charge in [-0.15, -0.1) is 11.3 Å². The van der Waals surface area contributed by atoms with Crippen molar-refractivity contribution in [3.05, 3.63) is 76.0 Å². The molecule has 29 heavy (non-hydrogen) atoms. The standard InChI is InChI=1S/C21H22N2O4S2/c1-3-29(25,26)23-20-10-9-17(12-15(20)2)22-21(24)16-6-4-7-18(13-16)27-14-19-8-5-11-28-19/h4-13,23H,3,14H2,1-2H3,(H,22,24). The van der Waals surface area contributed by atoms with Gasteiger partial charge in [-0.25, -0.2) is 8.42 Å². The predicted octanol–water partition coefficient (Wildman–Crippen LogP) is 4.65. The first-order chi connectivity index (χ1) is 13.9. The van der Waals surface area contributed by atoms with Gasteiger partial charge in [-0.1, -0.05) is 12.1 Å². The molecule has 6 nitrogen and oxygen atoms in total. The quantitative estimate of drug-likeness (QED) is 0.545. The number of amides is 1. The van der Waals surface area contributed by atoms with Crippen molar-refractivity contribution < 1.29 is 17.9 Å². The molecule has 0 spiro atoms. The molecule has 3 aromatic rings. The van der Waals surface area contributed by atoms with Crippen molar-refractivity contribution in [2.24, 2.45) is 0 Å². The summed E-state index contributed by atoms with van der Waals surface area (Å²) in [5.41, 5.74) is 2.26. The summed E-state index contributed by atoms with van der Waals surface area (Å²) in [6.45, 7) is 3.81. The van der Waals surface area contributed by atoms with Crippen LogP contribution in [0.15, 0.2) is 60.0 Å². The van der Waals surface area contributed by atoms with Crippen molar-refractivity contribution >= 4 is 38.6 Å². The van der Waals surface area contributed by atoms with Crippen LogP contribution in [0.25, 0.3) is 0 Å². The van der Waals surface area contributed by atoms with Crippen molar-refractivity contribution in [2.75, 3.05) is 15.8 Å². The first-order valence-electron chi connectivity index (χ1n) is 9.04. The van der Waals surface area contributed by atoms with Crippen LogP contribution in [0.3, 0.4) is 0 Å². The van der Waals surface area contributed by atoms with Gasteiger partial charge in [0.2, 0.25) is 10.0 Å². The third kappa shape index (κ3) is 5.82. The van der Waals surface area contributed by atoms with Crippen molar-refractivity contribution in [1.29, 1.82) is 0 Å². The lowest BCUT2D eigenvalue weighted by atomic mass is 10.1. The smallest absolute Gasteiger partial charge is 0.255 e. The molecule has 0 bridgehead atoms. The molecular weight excluding hydrogens is 408 g/mol. The molecular formula is C21H22N2O4S2. The molecule has 0 radical (unpaired) electrons. The van der Waals surface area contributed by atoms with Gasteiger partial charge in [0.25, 0.3) is 5.91 Å². The van der Waals surface area contributed by atoms with Crippen molar-refractivity contribution in [3.63, 3.8) is 0 Å². The van der Waals surface area contributed by atoms with E-state index in [0.717, 1.165) is 4.88 Å². The molecule has 1 aromatic heterocycles. The molecule has 0 fully saturated rings. The van der Waals surface area contributed by atoms with E-state index in [9.17, 15) is 13.2 Å². The summed E-state index contributed by atoms with van der Waals surface area (Å²) < 4.78 is 31.7. The van der Waals surface area contributed by atoms with Gasteiger partial charge in [0.05, 0.1) is 11.4 Å². The van der Waals surface area contributed by atoms with E-state index >= 15 is 0 Å². The number of thiophene rings is 1. The van der Waals surface area contributed by atoms with Crippen LogP contribution in [0.1, 0.15) is 27.7 Å². The average Bonchev–Trinajstić information content (AvgIpc) is 3.22. The number of hydrogen-bond acceptors (Lipinski definition) is 5. The molecule has 3 rings (SSSR count). The lowest BCUT2D eigenvalue weighted by Gasteiger charge is -2.12. The molecule has 8 heteroatoms. The molecule has 0 unspecified atom stereocenters. The second-order valence-electron chi connectivity index (χ2n) is 6.39. The number of ether oxygens (including phenoxy) is 1. The van der Waals surface area contributed by atoms with Crippen molar-refractivity contribution in [1.82, 2.24) is 0 Å². The maximum atomic E-state index is 12.6. The Morgan fingerprint density at radius 3 is 2.62 bits per heavy atom. The van der Waals surface area contributed by atoms with Gasteiger partial charge in [-0.2, -0.15) is 0 Å². The van der Waals surface area contributed by atoms with E-state index in [-0.39, 0.29) is 11.7 Å². The zero-order valence-corrected chi connectivity index (χ0v) is 17.8. The van der Waals surface area contributed by atoms with Gasteiger partial charge in [0.1, 0.15) is 12.4 Å². The largest absolute Gasteiger partial charge is 0.488 e. The Balaban J connectivity index is 1.67. The second kappa shape index (κ2) is 9.11. The highest BCUT2D eigenvalue weighted by molar-refractivity contribution is 7.92. The Morgan fingerprint density at radius 2 is 1.93 bits per heavy atom. The van der Waals surface area contributed by atoms with Crippen LogP contribution in [0, 0.1) is 6.92 Å². The maximum Gasteiger partial charge on any atom is 0.255 e. The summed E-state index contributed by atoms with van der Waals surface area (Å²) in [5, 5.41) is 4.82. The number of nitrogens with one attached hydrogen (secondary N) is 2. The van der Waals surface area contributed by atoms with Gasteiger partial charge in [-0.3, -0.25) is 9.52 Å². The molecule has 152 valence electrons. The van der Waals surface area contributed by atoms with Crippen molar-refractivity contribution in [3.8, 4) is 5.75 Å². The van der Waals surface area contributed by atoms with Gasteiger partial charge in [-0.05, 0) is 67.3 Å². The summed E-state index contributed by atoms with van der Waals surface area (Å²) in [6, 6.07) is 16.0. The zero-order chi connectivity index (χ0) is 20.9. The molecule has 2 aromatic carbocycles. The Morgan fingerprint density at radius 1 is 1.10 bits per heavy atom. The highest BCUT2D eigenvalue weighted by Gasteiger charge is 2.11. The average molecular weight is 431 g/mol. The number of benzene rings is 2. The van der Waals surface area contributed by atoms with Crippen LogP contribution in [0.5, 0.6) is 5.75 Å². The zero-order valence-electron chi connectivity index (χ0n) is 16.1. The molecule has 0 aliphatic carbocycles. The minimum Gasteiger partial charge on any atom is -0.488 e. The van der Waals surface area contributed by atoms with E-state index in [1.54, 1.807) is 61.6 Å². The van der Waals surface area contributed by atoms with E-state index in [2.05, 4.69) is 10.0 Å². The van der Waals surface area contributed by atoms with Crippen LogP contribution < -0.4 is 14.8 Å². The van der Waals surface area contributed by atoms with E-state index < -0.39 is 10.0 Å². The molecule has 0 aliphatic rings. The highest BCUT2D eigenvalue weighted by atomic mass is 32.2. The number of carbonyl (C=O) groups is 1. The third-order valence-corrected chi connectivity index (χ3v) is 6.33. The molecule has 1 heterocycles. The normalized spacial score (nSPS) is 11.1. The number of sulfonamides is 1. The minimum atomic E-state index is -3.35. The summed E-state index contributed by atoms with van der Waals surface area (Å²) >= 11 is 1.61. The lowest BCUT2D eigenvalue weighted by molar-refractivity contribution is 0.102. The van der Waals surface area contributed by atoms with Gasteiger partial charge in [0.15, 0.2) is 0 Å². The fraction of sp³-hybridized carbons (Fsp3) is 0.190. The van der Waals surface area contributed by atoms with E-state index in [1.165, 1.54) is 0 Å². The van der Waals surface area contributed by atoms with E-state index in [4.69, 9.17) is 4.74 Å². The summed E-state index contributed by atoms with van der Waals surface area (Å²) in [7, 11) is -3.35. The molecule has 0 saturated carbocycles. The van der Waals surface area contributed by atoms with E-state index in [1.807, 2.05) is 23.6 Å². The highest BCUT2D eigenvalue weighted by Crippen LogP contribution is 2.22. The Labute approximate surface area is 174 Å². The molecule has 0 atom stereocenters. The SMILES string of the molecule is CCS(=O)(=O)Nc1ccc(NC(=O)c2cccc(OCc3cccs3)c2)cc1C. The molecule has 1 amide bonds. The fourth-order valence-electron chi connectivity index (χ4n) is 2.58. The van der Waals surface area contributed by atoms with Gasteiger partial charge < -0.3 is 10.1 Å². The van der Waals surface area contributed by atoms with Crippen LogP contribution >= 0.6 is 11.3 Å². The van der Waals surface area contributed by atoms with E-state index in [0.29, 0.717) is 34.9 Å². The van der Waals surface area contributed by atoms with Gasteiger partial charge in [0, 0.05) is 16.1 Å². The Bertz CT molecular complexity index is 1090. The Hall–Kier alpha value is -2.84. The summed E-state index contributed by atoms with van der Waals surface area (Å²) in [4.78, 5) is 13.7. The Kier molecular flexibility index (Phi) is 6.56. The topological polar surface area (TPSA) is 84.5 Å². The van der Waals surface area contributed by atoms with Crippen LogP contribution in [0.2, 0.25) is 0 Å². The minimum absolute atomic E-state index is 0.00414. The first kappa shape index (κ1) is 20.9. The lowest BCUT2D eigenvalue weighted by Crippen LogP contribution is -2.16. The number of aryl methyl sites for hydroxylation is 1. The van der Waals surface area contributed by atoms with Crippen LogP contribution in [0.4, 0.5) is 11.4 Å². The maximum absolute atomic E-state index is 12.6. The number of carbonyl (C=O) groups excluding carboxylic acids is 1. The van der Waals surface area contributed by atoms with Crippen LogP contribution in [-0.4, -0.2) is 20.1 Å². The number of rotatable bonds is 8. The summed E-state index contributed by atoms with van der Waals surface area (Å²) in [6.07, 6.45) is 0. The van der Waals surface area contributed by atoms with Crippen LogP contribution in [-0.2, 0) is 16.6 Å². The molecule has 0 saturated heterocycles. The second-order valence-corrected chi connectivity index (χ2v) is 9.43. The predicted molar refractivity (Wildman–Crippen MR) is 117 cm³/mol. The first-order valence-corrected chi connectivity index (χ1v) is 11.6. The molecule has 2 N–H and O–H groups in total. The van der Waals surface area contributed by atoms with Gasteiger partial charge >= 0.3 is 0 Å².